The Labute approximate surface area is 118 Å². The Kier molecular flexibility index (Phi) is 3.20. The van der Waals surface area contributed by atoms with Gasteiger partial charge < -0.3 is 10.3 Å². The number of rotatable bonds is 5. The molecule has 0 bridgehead atoms. The van der Waals surface area contributed by atoms with Crippen LogP contribution in [0.15, 0.2) is 18.2 Å². The first kappa shape index (κ1) is 13.4. The van der Waals surface area contributed by atoms with Gasteiger partial charge in [0.25, 0.3) is 0 Å². The maximum Gasteiger partial charge on any atom is 0.151 e. The fraction of sp³-hybridized carbons (Fsp3) is 0.500. The van der Waals surface area contributed by atoms with Gasteiger partial charge in [-0.1, -0.05) is 6.92 Å². The fourth-order valence-corrected chi connectivity index (χ4v) is 3.18. The van der Waals surface area contributed by atoms with E-state index < -0.39 is 9.84 Å². The number of anilines is 1. The Balaban J connectivity index is 2.01. The van der Waals surface area contributed by atoms with Gasteiger partial charge >= 0.3 is 0 Å². The van der Waals surface area contributed by atoms with Gasteiger partial charge in [0.05, 0.1) is 16.8 Å². The second-order valence-corrected chi connectivity index (χ2v) is 7.85. The van der Waals surface area contributed by atoms with Crippen LogP contribution in [0.4, 0.5) is 5.69 Å². The summed E-state index contributed by atoms with van der Waals surface area (Å²) < 4.78 is 25.5. The first-order valence-electron chi connectivity index (χ1n) is 6.96. The summed E-state index contributed by atoms with van der Waals surface area (Å²) in [6.07, 6.45) is 2.28. The summed E-state index contributed by atoms with van der Waals surface area (Å²) in [7, 11) is -2.97. The van der Waals surface area contributed by atoms with E-state index in [1.165, 1.54) is 0 Å². The molecule has 5 nitrogen and oxygen atoms in total. The zero-order valence-corrected chi connectivity index (χ0v) is 12.4. The predicted molar refractivity (Wildman–Crippen MR) is 80.4 cm³/mol. The molecule has 0 atom stereocenters. The van der Waals surface area contributed by atoms with Gasteiger partial charge in [-0.25, -0.2) is 13.4 Å². The van der Waals surface area contributed by atoms with Gasteiger partial charge in [-0.3, -0.25) is 0 Å². The number of sulfone groups is 1. The molecule has 1 heterocycles. The molecule has 0 radical (unpaired) electrons. The molecule has 0 spiro atoms. The third-order valence-electron chi connectivity index (χ3n) is 3.81. The lowest BCUT2D eigenvalue weighted by molar-refractivity contribution is 0.589. The van der Waals surface area contributed by atoms with E-state index in [0.29, 0.717) is 18.2 Å². The highest BCUT2D eigenvalue weighted by Crippen LogP contribution is 2.40. The lowest BCUT2D eigenvalue weighted by atomic mass is 10.3. The lowest BCUT2D eigenvalue weighted by Gasteiger charge is -2.08. The SMILES string of the molecule is CCS(=O)(=O)CCn1c(C2CC2)nc2cc(N)ccc21. The Morgan fingerprint density at radius 2 is 2.15 bits per heavy atom. The zero-order chi connectivity index (χ0) is 14.3. The van der Waals surface area contributed by atoms with Crippen molar-refractivity contribution in [1.29, 1.82) is 0 Å². The van der Waals surface area contributed by atoms with Crippen LogP contribution in [0.3, 0.4) is 0 Å². The average molecular weight is 293 g/mol. The Hall–Kier alpha value is -1.56. The summed E-state index contributed by atoms with van der Waals surface area (Å²) in [5.74, 6) is 1.84. The fourth-order valence-electron chi connectivity index (χ4n) is 2.43. The molecule has 0 saturated heterocycles. The molecule has 108 valence electrons. The minimum absolute atomic E-state index is 0.166. The molecule has 2 aromatic rings. The normalized spacial score (nSPS) is 15.8. The standard InChI is InChI=1S/C14H19N3O2S/c1-2-20(18,19)8-7-17-13-6-5-11(15)9-12(13)16-14(17)10-3-4-10/h5-6,9-10H,2-4,7-8,15H2,1H3. The highest BCUT2D eigenvalue weighted by Gasteiger charge is 2.29. The van der Waals surface area contributed by atoms with Crippen molar-refractivity contribution in [3.05, 3.63) is 24.0 Å². The summed E-state index contributed by atoms with van der Waals surface area (Å²) in [6, 6.07) is 5.62. The van der Waals surface area contributed by atoms with Gasteiger partial charge in [-0.05, 0) is 31.0 Å². The van der Waals surface area contributed by atoms with E-state index >= 15 is 0 Å². The zero-order valence-electron chi connectivity index (χ0n) is 11.5. The lowest BCUT2D eigenvalue weighted by Crippen LogP contribution is -2.16. The Morgan fingerprint density at radius 1 is 1.40 bits per heavy atom. The number of hydrogen-bond donors (Lipinski definition) is 1. The third-order valence-corrected chi connectivity index (χ3v) is 5.49. The van der Waals surface area contributed by atoms with Gasteiger partial charge in [-0.15, -0.1) is 0 Å². The molecular weight excluding hydrogens is 274 g/mol. The number of nitrogens with two attached hydrogens (primary N) is 1. The smallest absolute Gasteiger partial charge is 0.151 e. The first-order valence-corrected chi connectivity index (χ1v) is 8.78. The molecule has 2 N–H and O–H groups in total. The van der Waals surface area contributed by atoms with Gasteiger partial charge in [0.1, 0.15) is 5.82 Å². The van der Waals surface area contributed by atoms with Crippen molar-refractivity contribution in [3.8, 4) is 0 Å². The number of aromatic nitrogens is 2. The molecule has 1 aliphatic rings. The molecule has 6 heteroatoms. The van der Waals surface area contributed by atoms with Crippen LogP contribution in [-0.4, -0.2) is 29.5 Å². The Bertz CT molecular complexity index is 745. The van der Waals surface area contributed by atoms with E-state index in [1.807, 2.05) is 18.2 Å². The monoisotopic (exact) mass is 293 g/mol. The van der Waals surface area contributed by atoms with Crippen molar-refractivity contribution in [2.45, 2.75) is 32.2 Å². The van der Waals surface area contributed by atoms with E-state index in [-0.39, 0.29) is 11.5 Å². The molecule has 1 aromatic heterocycles. The minimum Gasteiger partial charge on any atom is -0.399 e. The first-order chi connectivity index (χ1) is 9.50. The van der Waals surface area contributed by atoms with Crippen LogP contribution >= 0.6 is 0 Å². The van der Waals surface area contributed by atoms with Crippen LogP contribution in [0.1, 0.15) is 31.5 Å². The maximum atomic E-state index is 11.7. The van der Waals surface area contributed by atoms with Gasteiger partial charge in [-0.2, -0.15) is 0 Å². The second kappa shape index (κ2) is 4.77. The number of nitrogen functional groups attached to an aromatic ring is 1. The van der Waals surface area contributed by atoms with Crippen LogP contribution < -0.4 is 5.73 Å². The quantitative estimate of drug-likeness (QED) is 0.854. The molecule has 0 amide bonds. The Morgan fingerprint density at radius 3 is 2.80 bits per heavy atom. The molecule has 20 heavy (non-hydrogen) atoms. The van der Waals surface area contributed by atoms with Crippen molar-refractivity contribution in [1.82, 2.24) is 9.55 Å². The number of imidazole rings is 1. The minimum atomic E-state index is -2.97. The van der Waals surface area contributed by atoms with Crippen molar-refractivity contribution >= 4 is 26.6 Å². The molecule has 1 fully saturated rings. The van der Waals surface area contributed by atoms with Gasteiger partial charge in [0.15, 0.2) is 9.84 Å². The van der Waals surface area contributed by atoms with Crippen LogP contribution in [0, 0.1) is 0 Å². The summed E-state index contributed by atoms with van der Waals surface area (Å²) in [4.78, 5) is 4.65. The van der Waals surface area contributed by atoms with Gasteiger partial charge in [0.2, 0.25) is 0 Å². The number of aryl methyl sites for hydroxylation is 1. The molecular formula is C14H19N3O2S. The summed E-state index contributed by atoms with van der Waals surface area (Å²) >= 11 is 0. The molecule has 1 aromatic carbocycles. The van der Waals surface area contributed by atoms with Crippen LogP contribution in [0.2, 0.25) is 0 Å². The number of fused-ring (bicyclic) bond motifs is 1. The van der Waals surface area contributed by atoms with Crippen molar-refractivity contribution in [2.24, 2.45) is 0 Å². The third kappa shape index (κ3) is 2.52. The van der Waals surface area contributed by atoms with Crippen LogP contribution in [-0.2, 0) is 16.4 Å². The van der Waals surface area contributed by atoms with Crippen LogP contribution in [0.5, 0.6) is 0 Å². The highest BCUT2D eigenvalue weighted by molar-refractivity contribution is 7.91. The van der Waals surface area contributed by atoms with E-state index in [2.05, 4.69) is 9.55 Å². The van der Waals surface area contributed by atoms with E-state index in [4.69, 9.17) is 5.73 Å². The molecule has 0 unspecified atom stereocenters. The number of hydrogen-bond acceptors (Lipinski definition) is 4. The summed E-state index contributed by atoms with van der Waals surface area (Å²) in [5.41, 5.74) is 8.32. The maximum absolute atomic E-state index is 11.7. The molecule has 1 saturated carbocycles. The summed E-state index contributed by atoms with van der Waals surface area (Å²) in [5, 5.41) is 0. The number of nitrogens with zero attached hydrogens (tertiary/aromatic N) is 2. The van der Waals surface area contributed by atoms with E-state index in [9.17, 15) is 8.42 Å². The largest absolute Gasteiger partial charge is 0.399 e. The highest BCUT2D eigenvalue weighted by atomic mass is 32.2. The molecule has 3 rings (SSSR count). The van der Waals surface area contributed by atoms with Gasteiger partial charge in [0, 0.05) is 23.9 Å². The van der Waals surface area contributed by atoms with E-state index in [1.54, 1.807) is 6.92 Å². The van der Waals surface area contributed by atoms with Crippen molar-refractivity contribution in [2.75, 3.05) is 17.2 Å². The molecule has 0 aliphatic heterocycles. The average Bonchev–Trinajstić information content (AvgIpc) is 3.19. The predicted octanol–water partition coefficient (Wildman–Crippen LogP) is 1.93. The topological polar surface area (TPSA) is 78.0 Å². The van der Waals surface area contributed by atoms with Crippen molar-refractivity contribution < 1.29 is 8.42 Å². The number of benzene rings is 1. The van der Waals surface area contributed by atoms with Crippen molar-refractivity contribution in [3.63, 3.8) is 0 Å². The second-order valence-electron chi connectivity index (χ2n) is 5.38. The summed E-state index contributed by atoms with van der Waals surface area (Å²) in [6.45, 7) is 2.16. The van der Waals surface area contributed by atoms with Crippen LogP contribution in [0.25, 0.3) is 11.0 Å². The molecule has 1 aliphatic carbocycles. The van der Waals surface area contributed by atoms with E-state index in [0.717, 1.165) is 29.7 Å².